The first-order valence-electron chi connectivity index (χ1n) is 13.6. The predicted molar refractivity (Wildman–Crippen MR) is 151 cm³/mol. The van der Waals surface area contributed by atoms with Crippen LogP contribution in [0.4, 0.5) is 0 Å². The van der Waals surface area contributed by atoms with Gasteiger partial charge in [0, 0.05) is 26.2 Å². The van der Waals surface area contributed by atoms with Crippen LogP contribution in [0.3, 0.4) is 0 Å². The topological polar surface area (TPSA) is 81.5 Å². The number of carbonyl (C=O) groups is 1. The predicted octanol–water partition coefficient (Wildman–Crippen LogP) is 4.57. The summed E-state index contributed by atoms with van der Waals surface area (Å²) in [6, 6.07) is 20.3. The number of methoxy groups -OCH3 is 1. The number of hydrogen-bond acceptors (Lipinski definition) is 7. The summed E-state index contributed by atoms with van der Waals surface area (Å²) in [5, 5.41) is 0.473. The van der Waals surface area contributed by atoms with E-state index < -0.39 is 6.04 Å². The van der Waals surface area contributed by atoms with E-state index in [1.54, 1.807) is 18.1 Å². The van der Waals surface area contributed by atoms with Crippen LogP contribution < -0.4 is 14.9 Å². The summed E-state index contributed by atoms with van der Waals surface area (Å²) >= 11 is 0. The third-order valence-electron chi connectivity index (χ3n) is 7.62. The summed E-state index contributed by atoms with van der Waals surface area (Å²) in [7, 11) is 1.59. The first-order chi connectivity index (χ1) is 19.5. The molecular formula is C32H32N2O6. The van der Waals surface area contributed by atoms with Gasteiger partial charge in [0.2, 0.25) is 5.76 Å². The summed E-state index contributed by atoms with van der Waals surface area (Å²) in [5.41, 5.74) is 3.35. The highest BCUT2D eigenvalue weighted by Crippen LogP contribution is 2.41. The minimum Gasteiger partial charge on any atom is -0.493 e. The van der Waals surface area contributed by atoms with E-state index in [-0.39, 0.29) is 17.1 Å². The van der Waals surface area contributed by atoms with Crippen LogP contribution in [0.15, 0.2) is 75.9 Å². The Labute approximate surface area is 232 Å². The second-order valence-corrected chi connectivity index (χ2v) is 10.2. The molecule has 40 heavy (non-hydrogen) atoms. The molecule has 2 aliphatic rings. The van der Waals surface area contributed by atoms with E-state index in [0.29, 0.717) is 60.9 Å². The molecule has 6 rings (SSSR count). The van der Waals surface area contributed by atoms with Crippen LogP contribution >= 0.6 is 0 Å². The molecule has 2 aliphatic heterocycles. The van der Waals surface area contributed by atoms with Crippen molar-refractivity contribution >= 4 is 16.9 Å². The van der Waals surface area contributed by atoms with Crippen LogP contribution in [-0.2, 0) is 11.3 Å². The van der Waals surface area contributed by atoms with Crippen LogP contribution in [-0.4, -0.2) is 62.2 Å². The second-order valence-electron chi connectivity index (χ2n) is 10.2. The molecule has 3 heterocycles. The van der Waals surface area contributed by atoms with Crippen molar-refractivity contribution in [1.82, 2.24) is 9.80 Å². The fraction of sp³-hybridized carbons (Fsp3) is 0.312. The molecule has 206 valence electrons. The molecular weight excluding hydrogens is 508 g/mol. The number of hydrogen-bond donors (Lipinski definition) is 0. The summed E-state index contributed by atoms with van der Waals surface area (Å²) in [5.74, 6) is 0.942. The van der Waals surface area contributed by atoms with Gasteiger partial charge >= 0.3 is 0 Å². The van der Waals surface area contributed by atoms with E-state index in [9.17, 15) is 9.59 Å². The Kier molecular flexibility index (Phi) is 7.28. The van der Waals surface area contributed by atoms with Crippen molar-refractivity contribution in [1.29, 1.82) is 0 Å². The van der Waals surface area contributed by atoms with Gasteiger partial charge in [-0.1, -0.05) is 48.0 Å². The molecule has 1 atom stereocenters. The largest absolute Gasteiger partial charge is 0.493 e. The number of aryl methyl sites for hydroxylation is 1. The Morgan fingerprint density at radius 1 is 0.925 bits per heavy atom. The highest BCUT2D eigenvalue weighted by molar-refractivity contribution is 5.99. The second kappa shape index (κ2) is 11.2. The smallest absolute Gasteiger partial charge is 0.290 e. The maximum absolute atomic E-state index is 13.9. The minimum absolute atomic E-state index is 0.108. The molecule has 0 aliphatic carbocycles. The number of ether oxygens (including phenoxy) is 3. The third-order valence-corrected chi connectivity index (χ3v) is 7.62. The van der Waals surface area contributed by atoms with E-state index in [0.717, 1.165) is 29.8 Å². The normalized spacial score (nSPS) is 17.3. The zero-order valence-corrected chi connectivity index (χ0v) is 22.7. The van der Waals surface area contributed by atoms with Gasteiger partial charge in [0.1, 0.15) is 12.2 Å². The van der Waals surface area contributed by atoms with E-state index in [1.807, 2.05) is 67.6 Å². The van der Waals surface area contributed by atoms with Crippen molar-refractivity contribution in [2.45, 2.75) is 19.6 Å². The van der Waals surface area contributed by atoms with Crippen molar-refractivity contribution in [2.24, 2.45) is 0 Å². The molecule has 0 bridgehead atoms. The molecule has 3 aromatic carbocycles. The molecule has 0 N–H and O–H groups in total. The van der Waals surface area contributed by atoms with Gasteiger partial charge < -0.3 is 23.5 Å². The van der Waals surface area contributed by atoms with Gasteiger partial charge in [0.15, 0.2) is 16.9 Å². The van der Waals surface area contributed by atoms with Crippen molar-refractivity contribution in [3.63, 3.8) is 0 Å². The van der Waals surface area contributed by atoms with Gasteiger partial charge in [-0.3, -0.25) is 14.5 Å². The van der Waals surface area contributed by atoms with Crippen LogP contribution in [0.1, 0.15) is 38.9 Å². The summed E-state index contributed by atoms with van der Waals surface area (Å²) in [6.45, 7) is 6.39. The first-order valence-corrected chi connectivity index (χ1v) is 13.6. The molecule has 1 amide bonds. The lowest BCUT2D eigenvalue weighted by molar-refractivity contribution is 0.0314. The number of morpholine rings is 1. The molecule has 8 nitrogen and oxygen atoms in total. The number of amides is 1. The van der Waals surface area contributed by atoms with Crippen molar-refractivity contribution in [3.8, 4) is 11.5 Å². The van der Waals surface area contributed by atoms with Crippen LogP contribution in [0.25, 0.3) is 11.0 Å². The van der Waals surface area contributed by atoms with Gasteiger partial charge in [0.25, 0.3) is 5.91 Å². The molecule has 4 aromatic rings. The van der Waals surface area contributed by atoms with Crippen molar-refractivity contribution in [2.75, 3.05) is 46.5 Å². The molecule has 8 heteroatoms. The Morgan fingerprint density at radius 2 is 1.73 bits per heavy atom. The van der Waals surface area contributed by atoms with Gasteiger partial charge in [-0.25, -0.2) is 0 Å². The van der Waals surface area contributed by atoms with E-state index in [1.165, 1.54) is 0 Å². The molecule has 1 saturated heterocycles. The van der Waals surface area contributed by atoms with Gasteiger partial charge in [-0.05, 0) is 42.3 Å². The summed E-state index contributed by atoms with van der Waals surface area (Å²) in [4.78, 5) is 31.7. The fourth-order valence-electron chi connectivity index (χ4n) is 5.49. The number of rotatable bonds is 8. The van der Waals surface area contributed by atoms with Gasteiger partial charge in [-0.15, -0.1) is 0 Å². The third kappa shape index (κ3) is 4.96. The van der Waals surface area contributed by atoms with Crippen molar-refractivity contribution < 1.29 is 23.4 Å². The fourth-order valence-corrected chi connectivity index (χ4v) is 5.49. The number of fused-ring (bicyclic) bond motifs is 2. The van der Waals surface area contributed by atoms with E-state index in [2.05, 4.69) is 4.90 Å². The monoisotopic (exact) mass is 540 g/mol. The van der Waals surface area contributed by atoms with E-state index in [4.69, 9.17) is 18.6 Å². The molecule has 0 radical (unpaired) electrons. The van der Waals surface area contributed by atoms with Crippen LogP contribution in [0.5, 0.6) is 11.5 Å². The van der Waals surface area contributed by atoms with E-state index >= 15 is 0 Å². The Balaban J connectivity index is 1.39. The zero-order chi connectivity index (χ0) is 27.6. The quantitative estimate of drug-likeness (QED) is 0.324. The molecule has 0 saturated carbocycles. The number of carbonyl (C=O) groups excluding carboxylic acids is 1. The summed E-state index contributed by atoms with van der Waals surface area (Å²) < 4.78 is 23.4. The summed E-state index contributed by atoms with van der Waals surface area (Å²) in [6.07, 6.45) is 0. The number of nitrogens with zero attached hydrogens (tertiary/aromatic N) is 2. The standard InChI is InChI=1S/C32H32N2O6/c1-21-8-10-25-24(18-21)30(35)28-29(34(32(36)31(28)40-25)13-12-33-14-16-38-17-15-33)23-9-11-26(27(19-23)37-2)39-20-22-6-4-3-5-7-22/h3-11,18-19,29H,12-17,20H2,1-2H3. The Hall–Kier alpha value is -4.14. The SMILES string of the molecule is COc1cc(C2c3c(oc4ccc(C)cc4c3=O)C(=O)N2CCN2CCOCC2)ccc1OCc1ccccc1. The average Bonchev–Trinajstić information content (AvgIpc) is 3.27. The molecule has 0 spiro atoms. The Morgan fingerprint density at radius 3 is 2.50 bits per heavy atom. The molecule has 1 unspecified atom stereocenters. The maximum Gasteiger partial charge on any atom is 0.290 e. The van der Waals surface area contributed by atoms with Gasteiger partial charge in [0.05, 0.1) is 37.3 Å². The highest BCUT2D eigenvalue weighted by atomic mass is 16.5. The van der Waals surface area contributed by atoms with Crippen molar-refractivity contribution in [3.05, 3.63) is 105 Å². The van der Waals surface area contributed by atoms with Crippen LogP contribution in [0.2, 0.25) is 0 Å². The minimum atomic E-state index is -0.609. The Bertz CT molecular complexity index is 1590. The lowest BCUT2D eigenvalue weighted by atomic mass is 9.97. The van der Waals surface area contributed by atoms with Crippen LogP contribution in [0, 0.1) is 6.92 Å². The molecule has 1 aromatic heterocycles. The molecule has 1 fully saturated rings. The number of benzene rings is 3. The zero-order valence-electron chi connectivity index (χ0n) is 22.7. The first kappa shape index (κ1) is 26.1. The highest BCUT2D eigenvalue weighted by Gasteiger charge is 2.43. The maximum atomic E-state index is 13.9. The van der Waals surface area contributed by atoms with Gasteiger partial charge in [-0.2, -0.15) is 0 Å². The lowest BCUT2D eigenvalue weighted by Gasteiger charge is -2.31. The average molecular weight is 541 g/mol. The lowest BCUT2D eigenvalue weighted by Crippen LogP contribution is -2.42.